The lowest BCUT2D eigenvalue weighted by Crippen LogP contribution is -2.38. The Kier molecular flexibility index (Phi) is 4.98. The zero-order valence-electron chi connectivity index (χ0n) is 12.3. The molecule has 1 unspecified atom stereocenters. The lowest BCUT2D eigenvalue weighted by molar-refractivity contribution is 0.437. The van der Waals surface area contributed by atoms with Gasteiger partial charge in [-0.15, -0.1) is 0 Å². The predicted octanol–water partition coefficient (Wildman–Crippen LogP) is 2.60. The SMILES string of the molecule is CCC(NS(=O)(=O)c1cc(C)c(C)c(N)c1)C(C)C. The molecular formula is C14H24N2O2S. The second-order valence-electron chi connectivity index (χ2n) is 5.33. The lowest BCUT2D eigenvalue weighted by atomic mass is 10.0. The van der Waals surface area contributed by atoms with Gasteiger partial charge in [-0.2, -0.15) is 0 Å². The molecule has 108 valence electrons. The zero-order chi connectivity index (χ0) is 14.8. The van der Waals surface area contributed by atoms with E-state index in [0.717, 1.165) is 17.5 Å². The summed E-state index contributed by atoms with van der Waals surface area (Å²) < 4.78 is 27.5. The molecule has 0 radical (unpaired) electrons. The predicted molar refractivity (Wildman–Crippen MR) is 79.6 cm³/mol. The molecule has 0 aromatic heterocycles. The molecule has 19 heavy (non-hydrogen) atoms. The molecule has 0 fully saturated rings. The molecule has 0 amide bonds. The second kappa shape index (κ2) is 5.92. The molecule has 4 nitrogen and oxygen atoms in total. The number of anilines is 1. The van der Waals surface area contributed by atoms with E-state index >= 15 is 0 Å². The van der Waals surface area contributed by atoms with Crippen LogP contribution in [0, 0.1) is 19.8 Å². The maximum absolute atomic E-state index is 12.4. The first-order chi connectivity index (χ1) is 8.69. The Balaban J connectivity index is 3.14. The number of nitrogens with two attached hydrogens (primary N) is 1. The van der Waals surface area contributed by atoms with Crippen LogP contribution >= 0.6 is 0 Å². The summed E-state index contributed by atoms with van der Waals surface area (Å²) in [6, 6.07) is 3.13. The number of nitrogen functional groups attached to an aromatic ring is 1. The number of hydrogen-bond donors (Lipinski definition) is 2. The minimum atomic E-state index is -3.51. The first-order valence-corrected chi connectivity index (χ1v) is 8.06. The molecule has 1 aromatic carbocycles. The van der Waals surface area contributed by atoms with E-state index in [1.807, 2.05) is 34.6 Å². The van der Waals surface area contributed by atoms with Crippen molar-refractivity contribution in [2.75, 3.05) is 5.73 Å². The molecule has 0 bridgehead atoms. The van der Waals surface area contributed by atoms with Crippen LogP contribution in [0.2, 0.25) is 0 Å². The Labute approximate surface area is 116 Å². The Morgan fingerprint density at radius 1 is 1.26 bits per heavy atom. The molecule has 1 aromatic rings. The highest BCUT2D eigenvalue weighted by atomic mass is 32.2. The highest BCUT2D eigenvalue weighted by molar-refractivity contribution is 7.89. The van der Waals surface area contributed by atoms with Gasteiger partial charge in [-0.05, 0) is 49.4 Å². The van der Waals surface area contributed by atoms with Gasteiger partial charge in [-0.25, -0.2) is 13.1 Å². The summed E-state index contributed by atoms with van der Waals surface area (Å²) in [6.07, 6.45) is 0.761. The average Bonchev–Trinajstić information content (AvgIpc) is 2.32. The van der Waals surface area contributed by atoms with Gasteiger partial charge in [0.25, 0.3) is 0 Å². The summed E-state index contributed by atoms with van der Waals surface area (Å²) in [5, 5.41) is 0. The van der Waals surface area contributed by atoms with Crippen molar-refractivity contribution in [3.63, 3.8) is 0 Å². The molecule has 0 spiro atoms. The fourth-order valence-electron chi connectivity index (χ4n) is 1.97. The Morgan fingerprint density at radius 3 is 2.26 bits per heavy atom. The van der Waals surface area contributed by atoms with Crippen molar-refractivity contribution in [1.82, 2.24) is 4.72 Å². The number of aryl methyl sites for hydroxylation is 1. The van der Waals surface area contributed by atoms with Crippen LogP contribution in [0.3, 0.4) is 0 Å². The number of rotatable bonds is 5. The number of nitrogens with one attached hydrogen (secondary N) is 1. The monoisotopic (exact) mass is 284 g/mol. The Hall–Kier alpha value is -1.07. The molecule has 1 atom stereocenters. The molecule has 3 N–H and O–H groups in total. The van der Waals surface area contributed by atoms with Gasteiger partial charge in [-0.3, -0.25) is 0 Å². The molecule has 5 heteroatoms. The van der Waals surface area contributed by atoms with Crippen LogP contribution in [-0.2, 0) is 10.0 Å². The fourth-order valence-corrected chi connectivity index (χ4v) is 3.55. The summed E-state index contributed by atoms with van der Waals surface area (Å²) in [4.78, 5) is 0.243. The second-order valence-corrected chi connectivity index (χ2v) is 7.05. The van der Waals surface area contributed by atoms with Crippen LogP contribution in [0.15, 0.2) is 17.0 Å². The van der Waals surface area contributed by atoms with E-state index in [9.17, 15) is 8.42 Å². The quantitative estimate of drug-likeness (QED) is 0.816. The maximum atomic E-state index is 12.4. The summed E-state index contributed by atoms with van der Waals surface area (Å²) in [6.45, 7) is 9.74. The van der Waals surface area contributed by atoms with E-state index in [-0.39, 0.29) is 16.9 Å². The van der Waals surface area contributed by atoms with Crippen molar-refractivity contribution in [2.24, 2.45) is 5.92 Å². The smallest absolute Gasteiger partial charge is 0.240 e. The van der Waals surface area contributed by atoms with Crippen molar-refractivity contribution in [3.05, 3.63) is 23.3 Å². The minimum Gasteiger partial charge on any atom is -0.398 e. The summed E-state index contributed by atoms with van der Waals surface area (Å²) in [5.41, 5.74) is 8.17. The fraction of sp³-hybridized carbons (Fsp3) is 0.571. The van der Waals surface area contributed by atoms with Crippen molar-refractivity contribution < 1.29 is 8.42 Å². The molecule has 0 aliphatic carbocycles. The van der Waals surface area contributed by atoms with E-state index in [4.69, 9.17) is 5.73 Å². The van der Waals surface area contributed by atoms with Gasteiger partial charge in [0, 0.05) is 11.7 Å². The van der Waals surface area contributed by atoms with Crippen LogP contribution in [0.25, 0.3) is 0 Å². The third kappa shape index (κ3) is 3.70. The molecule has 0 aliphatic heterocycles. The van der Waals surface area contributed by atoms with Crippen LogP contribution in [0.4, 0.5) is 5.69 Å². The van der Waals surface area contributed by atoms with Gasteiger partial charge >= 0.3 is 0 Å². The molecule has 1 rings (SSSR count). The lowest BCUT2D eigenvalue weighted by Gasteiger charge is -2.21. The van der Waals surface area contributed by atoms with E-state index < -0.39 is 10.0 Å². The third-order valence-electron chi connectivity index (χ3n) is 3.54. The van der Waals surface area contributed by atoms with E-state index in [2.05, 4.69) is 4.72 Å². The maximum Gasteiger partial charge on any atom is 0.240 e. The number of sulfonamides is 1. The van der Waals surface area contributed by atoms with Crippen molar-refractivity contribution in [2.45, 2.75) is 52.0 Å². The van der Waals surface area contributed by atoms with Crippen LogP contribution < -0.4 is 10.5 Å². The zero-order valence-corrected chi connectivity index (χ0v) is 13.1. The van der Waals surface area contributed by atoms with Gasteiger partial charge < -0.3 is 5.73 Å². The van der Waals surface area contributed by atoms with Gasteiger partial charge in [0.2, 0.25) is 10.0 Å². The van der Waals surface area contributed by atoms with E-state index in [1.54, 1.807) is 6.07 Å². The van der Waals surface area contributed by atoms with Crippen LogP contribution in [0.1, 0.15) is 38.3 Å². The van der Waals surface area contributed by atoms with Crippen molar-refractivity contribution in [3.8, 4) is 0 Å². The van der Waals surface area contributed by atoms with Crippen LogP contribution in [0.5, 0.6) is 0 Å². The number of benzene rings is 1. The topological polar surface area (TPSA) is 72.2 Å². The van der Waals surface area contributed by atoms with Gasteiger partial charge in [0.15, 0.2) is 0 Å². The molecule has 0 heterocycles. The normalized spacial score (nSPS) is 13.8. The Morgan fingerprint density at radius 2 is 1.84 bits per heavy atom. The van der Waals surface area contributed by atoms with Gasteiger partial charge in [0.1, 0.15) is 0 Å². The molecule has 0 saturated carbocycles. The van der Waals surface area contributed by atoms with Crippen molar-refractivity contribution in [1.29, 1.82) is 0 Å². The molecular weight excluding hydrogens is 260 g/mol. The Bertz CT molecular complexity index is 528. The average molecular weight is 284 g/mol. The third-order valence-corrected chi connectivity index (χ3v) is 5.01. The molecule has 0 aliphatic rings. The number of hydrogen-bond acceptors (Lipinski definition) is 3. The van der Waals surface area contributed by atoms with Crippen molar-refractivity contribution >= 4 is 15.7 Å². The van der Waals surface area contributed by atoms with Gasteiger partial charge in [-0.1, -0.05) is 20.8 Å². The highest BCUT2D eigenvalue weighted by Gasteiger charge is 2.22. The molecule has 0 saturated heterocycles. The standard InChI is InChI=1S/C14H24N2O2S/c1-6-14(9(2)3)16-19(17,18)12-7-10(4)11(5)13(15)8-12/h7-9,14,16H,6,15H2,1-5H3. The summed E-state index contributed by atoms with van der Waals surface area (Å²) in [7, 11) is -3.51. The van der Waals surface area contributed by atoms with E-state index in [0.29, 0.717) is 5.69 Å². The largest absolute Gasteiger partial charge is 0.398 e. The first-order valence-electron chi connectivity index (χ1n) is 6.58. The minimum absolute atomic E-state index is 0.0622. The van der Waals surface area contributed by atoms with Gasteiger partial charge in [0.05, 0.1) is 4.90 Å². The first kappa shape index (κ1) is 16.0. The van der Waals surface area contributed by atoms with E-state index in [1.165, 1.54) is 6.07 Å². The highest BCUT2D eigenvalue weighted by Crippen LogP contribution is 2.22. The summed E-state index contributed by atoms with van der Waals surface area (Å²) >= 11 is 0. The summed E-state index contributed by atoms with van der Waals surface area (Å²) in [5.74, 6) is 0.253. The van der Waals surface area contributed by atoms with Crippen LogP contribution in [-0.4, -0.2) is 14.5 Å².